The second-order valence-electron chi connectivity index (χ2n) is 7.85. The van der Waals surface area contributed by atoms with Gasteiger partial charge in [-0.3, -0.25) is 9.48 Å². The van der Waals surface area contributed by atoms with Crippen LogP contribution in [0.1, 0.15) is 64.0 Å². The average Bonchev–Trinajstić information content (AvgIpc) is 3.40. The Morgan fingerprint density at radius 3 is 2.96 bits per heavy atom. The fourth-order valence-corrected chi connectivity index (χ4v) is 5.38. The van der Waals surface area contributed by atoms with Crippen molar-refractivity contribution in [3.8, 4) is 0 Å². The minimum atomic E-state index is 0.105. The number of carbonyl (C=O) groups excluding carboxylic acids is 1. The number of thiophene rings is 1. The highest BCUT2D eigenvalue weighted by molar-refractivity contribution is 7.12. The standard InChI is InChI=1S/C20H24N6OS/c1-25-17(11-26-8-4-7-21-26)23-24-19(25)14-9-15(10-14)22-20(27)18-16-6-3-2-5-13(16)12-28-18/h4,7-8,12,14-15H,2-3,5-6,9-11H2,1H3,(H,22,27). The Labute approximate surface area is 167 Å². The van der Waals surface area contributed by atoms with Crippen molar-refractivity contribution in [1.82, 2.24) is 29.9 Å². The molecule has 1 fully saturated rings. The lowest BCUT2D eigenvalue weighted by Crippen LogP contribution is -2.44. The molecule has 3 aromatic heterocycles. The fourth-order valence-electron chi connectivity index (χ4n) is 4.31. The highest BCUT2D eigenvalue weighted by Gasteiger charge is 2.35. The van der Waals surface area contributed by atoms with Gasteiger partial charge in [0.15, 0.2) is 5.82 Å². The van der Waals surface area contributed by atoms with E-state index < -0.39 is 0 Å². The van der Waals surface area contributed by atoms with E-state index in [2.05, 4.69) is 30.6 Å². The van der Waals surface area contributed by atoms with Gasteiger partial charge in [-0.2, -0.15) is 5.10 Å². The van der Waals surface area contributed by atoms with Gasteiger partial charge in [-0.05, 0) is 61.1 Å². The Bertz CT molecular complexity index is 983. The quantitative estimate of drug-likeness (QED) is 0.719. The van der Waals surface area contributed by atoms with Gasteiger partial charge >= 0.3 is 0 Å². The summed E-state index contributed by atoms with van der Waals surface area (Å²) in [5.41, 5.74) is 2.68. The number of nitrogens with one attached hydrogen (secondary N) is 1. The number of nitrogens with zero attached hydrogens (tertiary/aromatic N) is 5. The summed E-state index contributed by atoms with van der Waals surface area (Å²) >= 11 is 1.61. The summed E-state index contributed by atoms with van der Waals surface area (Å²) in [6, 6.07) is 2.13. The maximum atomic E-state index is 12.7. The predicted octanol–water partition coefficient (Wildman–Crippen LogP) is 2.68. The predicted molar refractivity (Wildman–Crippen MR) is 107 cm³/mol. The second kappa shape index (κ2) is 7.16. The first-order valence-corrected chi connectivity index (χ1v) is 10.8. The lowest BCUT2D eigenvalue weighted by Gasteiger charge is -2.35. The van der Waals surface area contributed by atoms with E-state index in [1.165, 1.54) is 24.0 Å². The number of carbonyl (C=O) groups is 1. The van der Waals surface area contributed by atoms with Gasteiger partial charge < -0.3 is 9.88 Å². The summed E-state index contributed by atoms with van der Waals surface area (Å²) in [5.74, 6) is 2.36. The molecule has 3 aromatic rings. The molecule has 28 heavy (non-hydrogen) atoms. The minimum absolute atomic E-state index is 0.105. The number of rotatable bonds is 5. The zero-order valence-electron chi connectivity index (χ0n) is 16.0. The molecule has 8 heteroatoms. The van der Waals surface area contributed by atoms with Crippen LogP contribution in [0.4, 0.5) is 0 Å². The van der Waals surface area contributed by atoms with Gasteiger partial charge in [0.1, 0.15) is 12.4 Å². The van der Waals surface area contributed by atoms with Gasteiger partial charge in [-0.1, -0.05) is 0 Å². The number of aryl methyl sites for hydroxylation is 1. The third-order valence-corrected chi connectivity index (χ3v) is 7.08. The third kappa shape index (κ3) is 3.15. The molecule has 0 bridgehead atoms. The zero-order valence-corrected chi connectivity index (χ0v) is 16.8. The summed E-state index contributed by atoms with van der Waals surface area (Å²) in [6.45, 7) is 0.618. The van der Waals surface area contributed by atoms with Crippen LogP contribution in [-0.2, 0) is 26.4 Å². The normalized spacial score (nSPS) is 21.2. The highest BCUT2D eigenvalue weighted by Crippen LogP contribution is 2.37. The first-order valence-electron chi connectivity index (χ1n) is 9.94. The van der Waals surface area contributed by atoms with Crippen LogP contribution >= 0.6 is 11.3 Å². The molecule has 1 N–H and O–H groups in total. The summed E-state index contributed by atoms with van der Waals surface area (Å²) in [5, 5.41) is 18.4. The Kier molecular flexibility index (Phi) is 4.50. The molecule has 0 spiro atoms. The van der Waals surface area contributed by atoms with Gasteiger partial charge in [0.05, 0.1) is 4.88 Å². The molecule has 0 radical (unpaired) electrons. The van der Waals surface area contributed by atoms with E-state index in [1.54, 1.807) is 17.5 Å². The molecule has 146 valence electrons. The SMILES string of the molecule is Cn1c(Cn2cccn2)nnc1C1CC(NC(=O)c2scc3c2CCCC3)C1. The molecule has 1 amide bonds. The van der Waals surface area contributed by atoms with Crippen molar-refractivity contribution in [3.63, 3.8) is 0 Å². The number of amides is 1. The van der Waals surface area contributed by atoms with Gasteiger partial charge in [0, 0.05) is 31.4 Å². The van der Waals surface area contributed by atoms with Crippen LogP contribution in [0.25, 0.3) is 0 Å². The first-order chi connectivity index (χ1) is 13.7. The van der Waals surface area contributed by atoms with E-state index in [0.29, 0.717) is 12.5 Å². The number of aromatic nitrogens is 5. The van der Waals surface area contributed by atoms with E-state index >= 15 is 0 Å². The molecule has 0 aromatic carbocycles. The molecule has 0 saturated heterocycles. The molecule has 2 aliphatic rings. The average molecular weight is 397 g/mol. The van der Waals surface area contributed by atoms with Crippen molar-refractivity contribution in [2.45, 2.75) is 57.0 Å². The molecule has 0 aliphatic heterocycles. The van der Waals surface area contributed by atoms with Crippen LogP contribution in [0.2, 0.25) is 0 Å². The zero-order chi connectivity index (χ0) is 19.1. The van der Waals surface area contributed by atoms with E-state index in [4.69, 9.17) is 0 Å². The third-order valence-electron chi connectivity index (χ3n) is 6.01. The lowest BCUT2D eigenvalue weighted by atomic mass is 9.79. The number of hydrogen-bond acceptors (Lipinski definition) is 5. The number of hydrogen-bond donors (Lipinski definition) is 1. The Hall–Kier alpha value is -2.48. The maximum absolute atomic E-state index is 12.7. The molecule has 1 saturated carbocycles. The van der Waals surface area contributed by atoms with Gasteiger partial charge in [-0.15, -0.1) is 21.5 Å². The largest absolute Gasteiger partial charge is 0.349 e. The highest BCUT2D eigenvalue weighted by atomic mass is 32.1. The lowest BCUT2D eigenvalue weighted by molar-refractivity contribution is 0.0910. The summed E-state index contributed by atoms with van der Waals surface area (Å²) in [7, 11) is 2.01. The Morgan fingerprint density at radius 1 is 1.29 bits per heavy atom. The van der Waals surface area contributed by atoms with Crippen LogP contribution in [0.5, 0.6) is 0 Å². The summed E-state index contributed by atoms with van der Waals surface area (Å²) in [6.07, 6.45) is 10.1. The van der Waals surface area contributed by atoms with Crippen LogP contribution in [0.15, 0.2) is 23.8 Å². The fraction of sp³-hybridized carbons (Fsp3) is 0.500. The van der Waals surface area contributed by atoms with E-state index in [9.17, 15) is 4.79 Å². The summed E-state index contributed by atoms with van der Waals surface area (Å²) in [4.78, 5) is 13.7. The van der Waals surface area contributed by atoms with Crippen LogP contribution in [0, 0.1) is 0 Å². The van der Waals surface area contributed by atoms with Gasteiger partial charge in [0.2, 0.25) is 0 Å². The van der Waals surface area contributed by atoms with Crippen LogP contribution < -0.4 is 5.32 Å². The molecule has 0 unspecified atom stereocenters. The monoisotopic (exact) mass is 396 g/mol. The van der Waals surface area contributed by atoms with E-state index in [-0.39, 0.29) is 11.9 Å². The molecule has 0 atom stereocenters. The summed E-state index contributed by atoms with van der Waals surface area (Å²) < 4.78 is 3.92. The second-order valence-corrected chi connectivity index (χ2v) is 8.73. The van der Waals surface area contributed by atoms with Gasteiger partial charge in [0.25, 0.3) is 5.91 Å². The van der Waals surface area contributed by atoms with Crippen molar-refractivity contribution in [3.05, 3.63) is 51.5 Å². The van der Waals surface area contributed by atoms with E-state index in [0.717, 1.165) is 42.2 Å². The molecule has 7 nitrogen and oxygen atoms in total. The van der Waals surface area contributed by atoms with Crippen molar-refractivity contribution in [2.24, 2.45) is 7.05 Å². The molecule has 5 rings (SSSR count). The van der Waals surface area contributed by atoms with Crippen molar-refractivity contribution in [1.29, 1.82) is 0 Å². The minimum Gasteiger partial charge on any atom is -0.349 e. The smallest absolute Gasteiger partial charge is 0.261 e. The Morgan fingerprint density at radius 2 is 2.14 bits per heavy atom. The van der Waals surface area contributed by atoms with Crippen molar-refractivity contribution in [2.75, 3.05) is 0 Å². The van der Waals surface area contributed by atoms with Crippen LogP contribution in [-0.4, -0.2) is 36.5 Å². The van der Waals surface area contributed by atoms with Crippen molar-refractivity contribution >= 4 is 17.2 Å². The molecule has 3 heterocycles. The van der Waals surface area contributed by atoms with Gasteiger partial charge in [-0.25, -0.2) is 0 Å². The molecular formula is C20H24N6OS. The maximum Gasteiger partial charge on any atom is 0.261 e. The van der Waals surface area contributed by atoms with Crippen LogP contribution in [0.3, 0.4) is 0 Å². The molecule has 2 aliphatic carbocycles. The van der Waals surface area contributed by atoms with E-state index in [1.807, 2.05) is 24.0 Å². The molecular weight excluding hydrogens is 372 g/mol. The van der Waals surface area contributed by atoms with Crippen molar-refractivity contribution < 1.29 is 4.79 Å². The number of fused-ring (bicyclic) bond motifs is 1. The first kappa shape index (κ1) is 17.6. The Balaban J connectivity index is 1.19. The topological polar surface area (TPSA) is 77.6 Å².